The Morgan fingerprint density at radius 3 is 2.79 bits per heavy atom. The molecule has 6 heteroatoms. The van der Waals surface area contributed by atoms with E-state index in [-0.39, 0.29) is 11.5 Å². The Kier molecular flexibility index (Phi) is 5.51. The highest BCUT2D eigenvalue weighted by atomic mass is 32.1. The standard InChI is InChI=1S/C22H24FNO3S/c1-14-11-17-13-20(21(25)16-3-4-19(26-2)18(23)12-16)28-22(17)24(14)8-5-15-6-9-27-10-7-15/h3-4,11-13,15H,5-10H2,1-2H3. The number of hydrogen-bond donors (Lipinski definition) is 0. The summed E-state index contributed by atoms with van der Waals surface area (Å²) in [6.07, 6.45) is 3.38. The lowest BCUT2D eigenvalue weighted by Crippen LogP contribution is -2.17. The van der Waals surface area contributed by atoms with Gasteiger partial charge in [0.1, 0.15) is 4.83 Å². The Morgan fingerprint density at radius 1 is 1.29 bits per heavy atom. The molecule has 0 amide bonds. The molecule has 4 rings (SSSR count). The second kappa shape index (κ2) is 8.05. The summed E-state index contributed by atoms with van der Waals surface area (Å²) >= 11 is 1.49. The van der Waals surface area contributed by atoms with Crippen LogP contribution in [0.1, 0.15) is 40.2 Å². The largest absolute Gasteiger partial charge is 0.494 e. The van der Waals surface area contributed by atoms with Crippen molar-refractivity contribution in [3.63, 3.8) is 0 Å². The van der Waals surface area contributed by atoms with Gasteiger partial charge in [-0.25, -0.2) is 4.39 Å². The summed E-state index contributed by atoms with van der Waals surface area (Å²) in [7, 11) is 1.41. The van der Waals surface area contributed by atoms with Gasteiger partial charge >= 0.3 is 0 Å². The van der Waals surface area contributed by atoms with Gasteiger partial charge < -0.3 is 14.0 Å². The third-order valence-electron chi connectivity index (χ3n) is 5.52. The number of aryl methyl sites for hydroxylation is 2. The fourth-order valence-electron chi connectivity index (χ4n) is 3.86. The second-order valence-corrected chi connectivity index (χ2v) is 8.36. The van der Waals surface area contributed by atoms with Crippen LogP contribution in [0, 0.1) is 18.7 Å². The molecule has 0 N–H and O–H groups in total. The highest BCUT2D eigenvalue weighted by molar-refractivity contribution is 7.20. The molecule has 0 radical (unpaired) electrons. The van der Waals surface area contributed by atoms with E-state index in [0.717, 1.165) is 49.2 Å². The van der Waals surface area contributed by atoms with E-state index < -0.39 is 5.82 Å². The van der Waals surface area contributed by atoms with E-state index in [1.807, 2.05) is 6.07 Å². The molecule has 0 aliphatic carbocycles. The lowest BCUT2D eigenvalue weighted by molar-refractivity contribution is 0.0627. The number of benzene rings is 1. The van der Waals surface area contributed by atoms with Gasteiger partial charge in [-0.2, -0.15) is 0 Å². The van der Waals surface area contributed by atoms with Crippen molar-refractivity contribution in [3.8, 4) is 5.75 Å². The maximum atomic E-state index is 14.0. The van der Waals surface area contributed by atoms with Gasteiger partial charge in [0, 0.05) is 36.4 Å². The number of methoxy groups -OCH3 is 1. The highest BCUT2D eigenvalue weighted by Crippen LogP contribution is 2.32. The normalized spacial score (nSPS) is 15.2. The molecule has 1 aromatic carbocycles. The zero-order valence-electron chi connectivity index (χ0n) is 16.2. The molecule has 1 saturated heterocycles. The summed E-state index contributed by atoms with van der Waals surface area (Å²) in [5, 5.41) is 1.08. The summed E-state index contributed by atoms with van der Waals surface area (Å²) in [5.41, 5.74) is 1.55. The van der Waals surface area contributed by atoms with Crippen LogP contribution in [0.2, 0.25) is 0 Å². The van der Waals surface area contributed by atoms with Crippen LogP contribution in [0.25, 0.3) is 10.2 Å². The molecule has 0 unspecified atom stereocenters. The van der Waals surface area contributed by atoms with Crippen LogP contribution >= 0.6 is 11.3 Å². The van der Waals surface area contributed by atoms with Crippen LogP contribution in [-0.2, 0) is 11.3 Å². The molecule has 28 heavy (non-hydrogen) atoms. The minimum absolute atomic E-state index is 0.142. The Labute approximate surface area is 167 Å². The smallest absolute Gasteiger partial charge is 0.203 e. The van der Waals surface area contributed by atoms with Crippen molar-refractivity contribution in [3.05, 3.63) is 52.3 Å². The monoisotopic (exact) mass is 401 g/mol. The van der Waals surface area contributed by atoms with E-state index in [9.17, 15) is 9.18 Å². The van der Waals surface area contributed by atoms with Crippen LogP contribution in [-0.4, -0.2) is 30.7 Å². The van der Waals surface area contributed by atoms with Crippen LogP contribution in [0.3, 0.4) is 0 Å². The molecule has 1 aliphatic heterocycles. The van der Waals surface area contributed by atoms with Crippen LogP contribution in [0.15, 0.2) is 30.3 Å². The third kappa shape index (κ3) is 3.71. The van der Waals surface area contributed by atoms with Gasteiger partial charge in [-0.15, -0.1) is 11.3 Å². The van der Waals surface area contributed by atoms with Crippen LogP contribution in [0.5, 0.6) is 5.75 Å². The minimum atomic E-state index is -0.522. The Balaban J connectivity index is 1.56. The van der Waals surface area contributed by atoms with Gasteiger partial charge in [-0.05, 0) is 62.4 Å². The minimum Gasteiger partial charge on any atom is -0.494 e. The van der Waals surface area contributed by atoms with Gasteiger partial charge in [0.05, 0.1) is 12.0 Å². The second-order valence-electron chi connectivity index (χ2n) is 7.33. The van der Waals surface area contributed by atoms with Crippen molar-refractivity contribution in [2.75, 3.05) is 20.3 Å². The molecule has 2 aromatic heterocycles. The van der Waals surface area contributed by atoms with Gasteiger partial charge in [-0.1, -0.05) is 0 Å². The first kappa shape index (κ1) is 19.2. The molecule has 0 atom stereocenters. The van der Waals surface area contributed by atoms with E-state index in [0.29, 0.717) is 16.4 Å². The number of thiophene rings is 1. The molecule has 0 spiro atoms. The highest BCUT2D eigenvalue weighted by Gasteiger charge is 2.19. The lowest BCUT2D eigenvalue weighted by atomic mass is 9.97. The number of ketones is 1. The van der Waals surface area contributed by atoms with E-state index in [1.165, 1.54) is 36.3 Å². The van der Waals surface area contributed by atoms with Crippen LogP contribution < -0.4 is 4.74 Å². The van der Waals surface area contributed by atoms with Crippen molar-refractivity contribution in [1.29, 1.82) is 0 Å². The number of hydrogen-bond acceptors (Lipinski definition) is 4. The molecular weight excluding hydrogens is 377 g/mol. The number of carbonyl (C=O) groups excluding carboxylic acids is 1. The lowest BCUT2D eigenvalue weighted by Gasteiger charge is -2.22. The number of rotatable bonds is 6. The number of aromatic nitrogens is 1. The SMILES string of the molecule is COc1ccc(C(=O)c2cc3cc(C)n(CCC4CCOCC4)c3s2)cc1F. The molecule has 3 aromatic rings. The molecule has 4 nitrogen and oxygen atoms in total. The van der Waals surface area contributed by atoms with E-state index in [4.69, 9.17) is 9.47 Å². The zero-order valence-corrected chi connectivity index (χ0v) is 17.0. The Morgan fingerprint density at radius 2 is 2.07 bits per heavy atom. The van der Waals surface area contributed by atoms with E-state index >= 15 is 0 Å². The number of halogens is 1. The Hall–Kier alpha value is -2.18. The zero-order chi connectivity index (χ0) is 19.7. The third-order valence-corrected chi connectivity index (χ3v) is 6.69. The molecule has 0 saturated carbocycles. The summed E-state index contributed by atoms with van der Waals surface area (Å²) in [6.45, 7) is 4.78. The molecular formula is C22H24FNO3S. The van der Waals surface area contributed by atoms with Gasteiger partial charge in [0.15, 0.2) is 11.6 Å². The molecule has 1 aliphatic rings. The quantitative estimate of drug-likeness (QED) is 0.533. The van der Waals surface area contributed by atoms with Gasteiger partial charge in [-0.3, -0.25) is 4.79 Å². The van der Waals surface area contributed by atoms with E-state index in [1.54, 1.807) is 6.07 Å². The predicted octanol–water partition coefficient (Wildman–Crippen LogP) is 5.21. The van der Waals surface area contributed by atoms with Gasteiger partial charge in [0.25, 0.3) is 0 Å². The average Bonchev–Trinajstić information content (AvgIpc) is 3.23. The van der Waals surface area contributed by atoms with E-state index in [2.05, 4.69) is 17.6 Å². The van der Waals surface area contributed by atoms with Crippen molar-refractivity contribution in [2.45, 2.75) is 32.7 Å². The number of fused-ring (bicyclic) bond motifs is 1. The fraction of sp³-hybridized carbons (Fsp3) is 0.409. The maximum Gasteiger partial charge on any atom is 0.203 e. The summed E-state index contributed by atoms with van der Waals surface area (Å²) in [4.78, 5) is 14.6. The summed E-state index contributed by atoms with van der Waals surface area (Å²) in [6, 6.07) is 8.40. The Bertz CT molecular complexity index is 1000. The summed E-state index contributed by atoms with van der Waals surface area (Å²) in [5.74, 6) is 0.166. The summed E-state index contributed by atoms with van der Waals surface area (Å²) < 4.78 is 26.7. The first-order chi connectivity index (χ1) is 13.6. The van der Waals surface area contributed by atoms with Crippen molar-refractivity contribution < 1.29 is 18.7 Å². The van der Waals surface area contributed by atoms with Crippen molar-refractivity contribution >= 4 is 27.3 Å². The molecule has 0 bridgehead atoms. The molecule has 3 heterocycles. The first-order valence-corrected chi connectivity index (χ1v) is 10.4. The number of carbonyl (C=O) groups is 1. The topological polar surface area (TPSA) is 40.5 Å². The van der Waals surface area contributed by atoms with Gasteiger partial charge in [0.2, 0.25) is 5.78 Å². The maximum absolute atomic E-state index is 14.0. The predicted molar refractivity (Wildman–Crippen MR) is 109 cm³/mol. The average molecular weight is 402 g/mol. The van der Waals surface area contributed by atoms with Crippen LogP contribution in [0.4, 0.5) is 4.39 Å². The molecule has 1 fully saturated rings. The number of ether oxygens (including phenoxy) is 2. The van der Waals surface area contributed by atoms with Crippen molar-refractivity contribution in [1.82, 2.24) is 4.57 Å². The first-order valence-electron chi connectivity index (χ1n) is 9.62. The molecule has 148 valence electrons. The number of nitrogens with zero attached hydrogens (tertiary/aromatic N) is 1. The van der Waals surface area contributed by atoms with Crippen molar-refractivity contribution in [2.24, 2.45) is 5.92 Å². The fourth-order valence-corrected chi connectivity index (χ4v) is 5.05.